The van der Waals surface area contributed by atoms with Gasteiger partial charge in [0.05, 0.1) is 0 Å². The topological polar surface area (TPSA) is 26.3 Å². The third-order valence-electron chi connectivity index (χ3n) is 0.886. The summed E-state index contributed by atoms with van der Waals surface area (Å²) in [6.07, 6.45) is 0. The predicted octanol–water partition coefficient (Wildman–Crippen LogP) is 0.277. The van der Waals surface area contributed by atoms with E-state index in [1.807, 2.05) is 18.2 Å². The van der Waals surface area contributed by atoms with Crippen LogP contribution in [0.3, 0.4) is 0 Å². The van der Waals surface area contributed by atoms with Gasteiger partial charge in [0.15, 0.2) is 11.9 Å². The SMILES string of the molecule is O=[SH]Oc1ccccc1.[NaH]. The molecule has 0 saturated heterocycles. The molecule has 0 fully saturated rings. The molecule has 0 spiro atoms. The molecule has 10 heavy (non-hydrogen) atoms. The van der Waals surface area contributed by atoms with Crippen molar-refractivity contribution in [3.8, 4) is 5.75 Å². The Morgan fingerprint density at radius 1 is 1.20 bits per heavy atom. The summed E-state index contributed by atoms with van der Waals surface area (Å²) in [4.78, 5) is 0. The van der Waals surface area contributed by atoms with Gasteiger partial charge >= 0.3 is 29.6 Å². The average molecular weight is 166 g/mol. The van der Waals surface area contributed by atoms with Crippen LogP contribution in [0.15, 0.2) is 30.3 Å². The molecule has 0 unspecified atom stereocenters. The van der Waals surface area contributed by atoms with E-state index in [1.54, 1.807) is 12.1 Å². The molecule has 0 aliphatic carbocycles. The van der Waals surface area contributed by atoms with Crippen LogP contribution < -0.4 is 4.18 Å². The van der Waals surface area contributed by atoms with Gasteiger partial charge in [0.25, 0.3) is 0 Å². The first-order valence-corrected chi connectivity index (χ1v) is 3.21. The number of thiol groups is 1. The van der Waals surface area contributed by atoms with Crippen LogP contribution in [0.1, 0.15) is 0 Å². The number of hydrogen-bond acceptors (Lipinski definition) is 2. The van der Waals surface area contributed by atoms with Crippen molar-refractivity contribution in [2.75, 3.05) is 0 Å². The molecule has 0 aromatic heterocycles. The van der Waals surface area contributed by atoms with Gasteiger partial charge in [-0.05, 0) is 12.1 Å². The van der Waals surface area contributed by atoms with E-state index in [0.29, 0.717) is 5.75 Å². The first-order chi connectivity index (χ1) is 4.43. The Labute approximate surface area is 85.6 Å². The molecular weight excluding hydrogens is 159 g/mol. The molecule has 0 saturated carbocycles. The summed E-state index contributed by atoms with van der Waals surface area (Å²) < 4.78 is 14.5. The minimum absolute atomic E-state index is 0. The zero-order valence-corrected chi connectivity index (χ0v) is 5.54. The van der Waals surface area contributed by atoms with Gasteiger partial charge in [0.2, 0.25) is 0 Å². The van der Waals surface area contributed by atoms with Gasteiger partial charge in [-0.2, -0.15) is 0 Å². The molecule has 2 nitrogen and oxygen atoms in total. The molecule has 0 bridgehead atoms. The van der Waals surface area contributed by atoms with Crippen LogP contribution in [0.2, 0.25) is 0 Å². The third kappa shape index (κ3) is 3.37. The van der Waals surface area contributed by atoms with Gasteiger partial charge in [0, 0.05) is 0 Å². The first kappa shape index (κ1) is 10.2. The molecule has 1 aromatic carbocycles. The van der Waals surface area contributed by atoms with E-state index in [9.17, 15) is 4.21 Å². The van der Waals surface area contributed by atoms with Crippen LogP contribution >= 0.6 is 0 Å². The van der Waals surface area contributed by atoms with Crippen molar-refractivity contribution < 1.29 is 8.39 Å². The summed E-state index contributed by atoms with van der Waals surface area (Å²) in [7, 11) is 0. The quantitative estimate of drug-likeness (QED) is 0.504. The van der Waals surface area contributed by atoms with Gasteiger partial charge in [-0.1, -0.05) is 18.2 Å². The van der Waals surface area contributed by atoms with Crippen molar-refractivity contribution in [1.29, 1.82) is 0 Å². The fourth-order valence-electron chi connectivity index (χ4n) is 0.524. The van der Waals surface area contributed by atoms with Gasteiger partial charge in [-0.15, -0.1) is 0 Å². The Kier molecular flexibility index (Phi) is 6.02. The van der Waals surface area contributed by atoms with Crippen molar-refractivity contribution in [2.24, 2.45) is 0 Å². The Morgan fingerprint density at radius 2 is 1.80 bits per heavy atom. The Bertz CT molecular complexity index is 190. The van der Waals surface area contributed by atoms with Crippen molar-refractivity contribution >= 4 is 41.5 Å². The Hall–Kier alpha value is 0.170. The summed E-state index contributed by atoms with van der Waals surface area (Å²) in [5.41, 5.74) is 0. The molecule has 4 heteroatoms. The van der Waals surface area contributed by atoms with E-state index in [0.717, 1.165) is 0 Å². The molecule has 1 aromatic rings. The second kappa shape index (κ2) is 5.92. The van der Waals surface area contributed by atoms with E-state index in [1.165, 1.54) is 0 Å². The second-order valence-electron chi connectivity index (χ2n) is 1.48. The molecule has 0 aliphatic heterocycles. The summed E-state index contributed by atoms with van der Waals surface area (Å²) >= 11 is -0.305. The monoisotopic (exact) mass is 166 g/mol. The van der Waals surface area contributed by atoms with Gasteiger partial charge < -0.3 is 4.18 Å². The fraction of sp³-hybridized carbons (Fsp3) is 0. The number of benzene rings is 1. The predicted molar refractivity (Wildman–Crippen MR) is 43.8 cm³/mol. The van der Waals surface area contributed by atoms with Crippen LogP contribution in [-0.2, 0) is 11.9 Å². The second-order valence-corrected chi connectivity index (χ2v) is 1.81. The van der Waals surface area contributed by atoms with Crippen LogP contribution in [0, 0.1) is 0 Å². The number of para-hydroxylation sites is 1. The van der Waals surface area contributed by atoms with Gasteiger partial charge in [-0.3, -0.25) is 0 Å². The average Bonchev–Trinajstić information content (AvgIpc) is 1.91. The Balaban J connectivity index is 0.000000810. The van der Waals surface area contributed by atoms with Gasteiger partial charge in [-0.25, -0.2) is 4.21 Å². The van der Waals surface area contributed by atoms with Crippen molar-refractivity contribution in [2.45, 2.75) is 0 Å². The van der Waals surface area contributed by atoms with E-state index in [4.69, 9.17) is 0 Å². The molecule has 50 valence electrons. The molecule has 0 aliphatic rings. The van der Waals surface area contributed by atoms with Crippen molar-refractivity contribution in [3.05, 3.63) is 30.3 Å². The first-order valence-electron chi connectivity index (χ1n) is 2.48. The van der Waals surface area contributed by atoms with E-state index in [2.05, 4.69) is 4.18 Å². The van der Waals surface area contributed by atoms with Crippen LogP contribution in [0.5, 0.6) is 5.75 Å². The standard InChI is InChI=1S/C6H6O2S.Na.H/c7-9-8-6-4-2-1-3-5-6;;/h1-5,9H;;. The van der Waals surface area contributed by atoms with E-state index in [-0.39, 0.29) is 41.5 Å². The molecule has 0 amide bonds. The molecular formula is C6H7NaO2S. The normalized spacial score (nSPS) is 8.00. The number of rotatable bonds is 2. The van der Waals surface area contributed by atoms with Crippen LogP contribution in [0.25, 0.3) is 0 Å². The molecule has 0 N–H and O–H groups in total. The summed E-state index contributed by atoms with van der Waals surface area (Å²) in [5.74, 6) is 0.620. The minimum atomic E-state index is -0.305. The zero-order valence-electron chi connectivity index (χ0n) is 4.65. The van der Waals surface area contributed by atoms with Crippen molar-refractivity contribution in [3.63, 3.8) is 0 Å². The third-order valence-corrected chi connectivity index (χ3v) is 1.17. The summed E-state index contributed by atoms with van der Waals surface area (Å²) in [5, 5.41) is 0. The molecule has 1 rings (SSSR count). The van der Waals surface area contributed by atoms with Crippen LogP contribution in [-0.4, -0.2) is 33.8 Å². The maximum atomic E-state index is 9.85. The van der Waals surface area contributed by atoms with E-state index < -0.39 is 0 Å². The summed E-state index contributed by atoms with van der Waals surface area (Å²) in [6.45, 7) is 0. The van der Waals surface area contributed by atoms with Crippen molar-refractivity contribution in [1.82, 2.24) is 0 Å². The van der Waals surface area contributed by atoms with Gasteiger partial charge in [0.1, 0.15) is 5.75 Å². The fourth-order valence-corrected chi connectivity index (χ4v) is 0.732. The molecule has 0 heterocycles. The maximum absolute atomic E-state index is 9.85. The molecule has 0 radical (unpaired) electrons. The molecule has 0 atom stereocenters. The zero-order chi connectivity index (χ0) is 6.53. The van der Waals surface area contributed by atoms with Crippen LogP contribution in [0.4, 0.5) is 0 Å². The Morgan fingerprint density at radius 3 is 2.30 bits per heavy atom. The number of hydrogen-bond donors (Lipinski definition) is 1. The van der Waals surface area contributed by atoms with E-state index >= 15 is 0 Å². The summed E-state index contributed by atoms with van der Waals surface area (Å²) in [6, 6.07) is 8.99.